The fourth-order valence-electron chi connectivity index (χ4n) is 3.85. The van der Waals surface area contributed by atoms with Gasteiger partial charge in [-0.1, -0.05) is 12.1 Å². The Morgan fingerprint density at radius 3 is 2.47 bits per heavy atom. The number of rotatable bonds is 6. The molecule has 0 N–H and O–H groups in total. The number of amidine groups is 1. The topological polar surface area (TPSA) is 93.0 Å². The average molecular weight is 466 g/mol. The number of guanidine groups is 1. The normalized spacial score (nSPS) is 17.1. The summed E-state index contributed by atoms with van der Waals surface area (Å²) in [6.07, 6.45) is 0. The fourth-order valence-corrected chi connectivity index (χ4v) is 3.85. The standard InChI is InChI=1S/C24H23FN4O5/c1-5-34-23(31)21-27-29(17-11-9-16(25)10-12-17)24-26-14(2)19(22(30)33-4)20(28(21)24)15-7-6-8-18(13-15)32-3/h6-13,20H,5H2,1-4H3/t20-/m0/s1. The van der Waals surface area contributed by atoms with Gasteiger partial charge in [-0.2, -0.15) is 5.01 Å². The van der Waals surface area contributed by atoms with Crippen molar-refractivity contribution >= 4 is 29.4 Å². The smallest absolute Gasteiger partial charge is 0.376 e. The number of nitrogens with zero attached hydrogens (tertiary/aromatic N) is 4. The third kappa shape index (κ3) is 3.98. The number of hydrazone groups is 1. The number of methoxy groups -OCH3 is 2. The minimum absolute atomic E-state index is 0.0772. The minimum Gasteiger partial charge on any atom is -0.497 e. The predicted molar refractivity (Wildman–Crippen MR) is 123 cm³/mol. The van der Waals surface area contributed by atoms with Gasteiger partial charge in [0.2, 0.25) is 11.8 Å². The van der Waals surface area contributed by atoms with Gasteiger partial charge in [-0.25, -0.2) is 19.0 Å². The lowest BCUT2D eigenvalue weighted by Crippen LogP contribution is -2.47. The molecule has 34 heavy (non-hydrogen) atoms. The van der Waals surface area contributed by atoms with Crippen molar-refractivity contribution in [3.8, 4) is 5.75 Å². The number of fused-ring (bicyclic) bond motifs is 1. The van der Waals surface area contributed by atoms with Gasteiger partial charge in [0.1, 0.15) is 11.6 Å². The highest BCUT2D eigenvalue weighted by atomic mass is 19.1. The van der Waals surface area contributed by atoms with Gasteiger partial charge in [-0.3, -0.25) is 4.90 Å². The molecule has 2 heterocycles. The Morgan fingerprint density at radius 2 is 1.82 bits per heavy atom. The molecule has 2 aliphatic rings. The Balaban J connectivity index is 1.94. The highest BCUT2D eigenvalue weighted by molar-refractivity contribution is 6.41. The molecule has 2 aliphatic heterocycles. The summed E-state index contributed by atoms with van der Waals surface area (Å²) in [5.74, 6) is -0.974. The van der Waals surface area contributed by atoms with Crippen LogP contribution in [-0.2, 0) is 19.1 Å². The minimum atomic E-state index is -0.816. The monoisotopic (exact) mass is 466 g/mol. The lowest BCUT2D eigenvalue weighted by Gasteiger charge is -2.35. The summed E-state index contributed by atoms with van der Waals surface area (Å²) in [7, 11) is 2.81. The van der Waals surface area contributed by atoms with E-state index in [0.717, 1.165) is 0 Å². The summed E-state index contributed by atoms with van der Waals surface area (Å²) in [5.41, 5.74) is 1.74. The summed E-state index contributed by atoms with van der Waals surface area (Å²) in [5, 5.41) is 5.87. The summed E-state index contributed by atoms with van der Waals surface area (Å²) >= 11 is 0. The number of allylic oxidation sites excluding steroid dienone is 1. The SMILES string of the molecule is CCOC(=O)C1=NN(c2ccc(F)cc2)C2=NC(C)=C(C(=O)OC)[C@H](c3cccc(OC)c3)N12. The number of halogens is 1. The number of esters is 2. The van der Waals surface area contributed by atoms with E-state index in [1.807, 2.05) is 0 Å². The van der Waals surface area contributed by atoms with Gasteiger partial charge in [-0.05, 0) is 55.8 Å². The van der Waals surface area contributed by atoms with Crippen LogP contribution in [0.4, 0.5) is 10.1 Å². The van der Waals surface area contributed by atoms with Gasteiger partial charge in [0.05, 0.1) is 43.8 Å². The van der Waals surface area contributed by atoms with Gasteiger partial charge in [0, 0.05) is 0 Å². The Bertz CT molecular complexity index is 1220. The fraction of sp³-hybridized carbons (Fsp3) is 0.250. The molecule has 0 radical (unpaired) electrons. The molecular weight excluding hydrogens is 443 g/mol. The molecule has 10 heteroatoms. The zero-order valence-corrected chi connectivity index (χ0v) is 19.1. The van der Waals surface area contributed by atoms with Crippen LogP contribution in [0.15, 0.2) is 69.9 Å². The van der Waals surface area contributed by atoms with Crippen LogP contribution in [-0.4, -0.2) is 49.5 Å². The molecule has 0 spiro atoms. The van der Waals surface area contributed by atoms with Crippen molar-refractivity contribution in [2.24, 2.45) is 10.1 Å². The second-order valence-corrected chi connectivity index (χ2v) is 7.38. The maximum atomic E-state index is 13.6. The van der Waals surface area contributed by atoms with E-state index in [9.17, 15) is 14.0 Å². The van der Waals surface area contributed by atoms with Crippen LogP contribution >= 0.6 is 0 Å². The van der Waals surface area contributed by atoms with Gasteiger partial charge >= 0.3 is 11.9 Å². The molecule has 1 atom stereocenters. The number of hydrogen-bond acceptors (Lipinski definition) is 9. The molecule has 0 amide bonds. The van der Waals surface area contributed by atoms with E-state index in [2.05, 4.69) is 10.1 Å². The van der Waals surface area contributed by atoms with Crippen molar-refractivity contribution in [2.75, 3.05) is 25.8 Å². The number of carbonyl (C=O) groups is 2. The molecule has 176 valence electrons. The lowest BCUT2D eigenvalue weighted by atomic mass is 9.94. The van der Waals surface area contributed by atoms with E-state index >= 15 is 0 Å². The van der Waals surface area contributed by atoms with Gasteiger partial charge < -0.3 is 14.2 Å². The van der Waals surface area contributed by atoms with Crippen molar-refractivity contribution in [1.29, 1.82) is 0 Å². The van der Waals surface area contributed by atoms with E-state index in [0.29, 0.717) is 22.7 Å². The zero-order chi connectivity index (χ0) is 24.4. The molecule has 0 aromatic heterocycles. The molecule has 9 nitrogen and oxygen atoms in total. The van der Waals surface area contributed by atoms with Gasteiger partial charge in [0.15, 0.2) is 0 Å². The number of anilines is 1. The molecule has 0 saturated carbocycles. The third-order valence-corrected chi connectivity index (χ3v) is 5.36. The molecule has 0 fully saturated rings. The van der Waals surface area contributed by atoms with Crippen LogP contribution in [0.3, 0.4) is 0 Å². The second kappa shape index (κ2) is 9.34. The highest BCUT2D eigenvalue weighted by Gasteiger charge is 2.47. The lowest BCUT2D eigenvalue weighted by molar-refractivity contribution is -0.138. The largest absolute Gasteiger partial charge is 0.497 e. The van der Waals surface area contributed by atoms with Crippen LogP contribution in [0.25, 0.3) is 0 Å². The molecular formula is C24H23FN4O5. The Labute approximate surface area is 195 Å². The zero-order valence-electron chi connectivity index (χ0n) is 19.1. The van der Waals surface area contributed by atoms with Crippen molar-refractivity contribution in [3.63, 3.8) is 0 Å². The van der Waals surface area contributed by atoms with E-state index < -0.39 is 23.8 Å². The maximum Gasteiger partial charge on any atom is 0.376 e. The van der Waals surface area contributed by atoms with Crippen LogP contribution in [0.1, 0.15) is 25.5 Å². The van der Waals surface area contributed by atoms with Crippen molar-refractivity contribution in [3.05, 3.63) is 71.2 Å². The number of carbonyl (C=O) groups excluding carboxylic acids is 2. The van der Waals surface area contributed by atoms with Crippen molar-refractivity contribution in [1.82, 2.24) is 4.90 Å². The first kappa shape index (κ1) is 23.0. The quantitative estimate of drug-likeness (QED) is 0.603. The molecule has 0 saturated heterocycles. The molecule has 2 aromatic carbocycles. The molecule has 0 aliphatic carbocycles. The second-order valence-electron chi connectivity index (χ2n) is 7.38. The predicted octanol–water partition coefficient (Wildman–Crippen LogP) is 3.39. The van der Waals surface area contributed by atoms with E-state index in [1.54, 1.807) is 38.1 Å². The Hall–Kier alpha value is -4.21. The van der Waals surface area contributed by atoms with E-state index in [-0.39, 0.29) is 24.0 Å². The third-order valence-electron chi connectivity index (χ3n) is 5.36. The number of ether oxygens (including phenoxy) is 3. The summed E-state index contributed by atoms with van der Waals surface area (Å²) < 4.78 is 29.2. The first-order valence-corrected chi connectivity index (χ1v) is 10.5. The number of benzene rings is 2. The van der Waals surface area contributed by atoms with E-state index in [1.165, 1.54) is 48.4 Å². The number of hydrogen-bond donors (Lipinski definition) is 0. The van der Waals surface area contributed by atoms with E-state index in [4.69, 9.17) is 14.2 Å². The van der Waals surface area contributed by atoms with Crippen molar-refractivity contribution < 1.29 is 28.2 Å². The first-order valence-electron chi connectivity index (χ1n) is 10.5. The average Bonchev–Trinajstić information content (AvgIpc) is 3.22. The van der Waals surface area contributed by atoms with Crippen LogP contribution in [0.2, 0.25) is 0 Å². The van der Waals surface area contributed by atoms with Crippen LogP contribution in [0, 0.1) is 5.82 Å². The molecule has 0 bridgehead atoms. The highest BCUT2D eigenvalue weighted by Crippen LogP contribution is 2.40. The van der Waals surface area contributed by atoms with Crippen molar-refractivity contribution in [2.45, 2.75) is 19.9 Å². The molecule has 4 rings (SSSR count). The Morgan fingerprint density at radius 1 is 1.09 bits per heavy atom. The number of aliphatic imine (C=N–C) groups is 1. The summed E-state index contributed by atoms with van der Waals surface area (Å²) in [4.78, 5) is 32.0. The van der Waals surface area contributed by atoms with Crippen LogP contribution < -0.4 is 9.75 Å². The summed E-state index contributed by atoms with van der Waals surface area (Å²) in [6.45, 7) is 3.48. The van der Waals surface area contributed by atoms with Gasteiger partial charge in [0.25, 0.3) is 0 Å². The van der Waals surface area contributed by atoms with Crippen LogP contribution in [0.5, 0.6) is 5.75 Å². The first-order chi connectivity index (χ1) is 16.4. The maximum absolute atomic E-state index is 13.6. The molecule has 0 unspecified atom stereocenters. The van der Waals surface area contributed by atoms with Gasteiger partial charge in [-0.15, -0.1) is 5.10 Å². The summed E-state index contributed by atoms with van der Waals surface area (Å²) in [6, 6.07) is 11.9. The Kier molecular flexibility index (Phi) is 6.31. The molecule has 2 aromatic rings.